The number of nitrogens with zero attached hydrogens (tertiary/aromatic N) is 4. The third-order valence-corrected chi connectivity index (χ3v) is 5.51. The number of hydrogen-bond donors (Lipinski definition) is 0. The van der Waals surface area contributed by atoms with Crippen LogP contribution in [0.15, 0.2) is 12.4 Å². The SMILES string of the molecule is CN(C)S(=O)(=O)N1CCC[C@@H](Cc2cncc(Cl)n2)C1. The summed E-state index contributed by atoms with van der Waals surface area (Å²) in [6.07, 6.45) is 5.74. The van der Waals surface area contributed by atoms with Crippen LogP contribution in [0.1, 0.15) is 18.5 Å². The molecule has 0 unspecified atom stereocenters. The zero-order chi connectivity index (χ0) is 14.8. The van der Waals surface area contributed by atoms with Gasteiger partial charge < -0.3 is 0 Å². The summed E-state index contributed by atoms with van der Waals surface area (Å²) < 4.78 is 27.1. The standard InChI is InChI=1S/C12H19ClN4O2S/c1-16(2)20(18,19)17-5-3-4-10(9-17)6-11-7-14-8-12(13)15-11/h7-8,10H,3-6,9H2,1-2H3/t10-/m0/s1. The van der Waals surface area contributed by atoms with E-state index < -0.39 is 10.2 Å². The Morgan fingerprint density at radius 2 is 2.20 bits per heavy atom. The van der Waals surface area contributed by atoms with Gasteiger partial charge in [-0.1, -0.05) is 11.6 Å². The first-order valence-electron chi connectivity index (χ1n) is 6.53. The molecule has 1 aliphatic heterocycles. The van der Waals surface area contributed by atoms with Crippen LogP contribution in [0.25, 0.3) is 0 Å². The van der Waals surface area contributed by atoms with Gasteiger partial charge in [-0.2, -0.15) is 17.0 Å². The fourth-order valence-electron chi connectivity index (χ4n) is 2.41. The molecule has 1 aromatic heterocycles. The Hall–Kier alpha value is -0.760. The molecule has 0 N–H and O–H groups in total. The second kappa shape index (κ2) is 6.34. The molecule has 0 amide bonds. The largest absolute Gasteiger partial charge is 0.281 e. The molecule has 112 valence electrons. The highest BCUT2D eigenvalue weighted by atomic mass is 35.5. The summed E-state index contributed by atoms with van der Waals surface area (Å²) in [6.45, 7) is 1.10. The van der Waals surface area contributed by atoms with E-state index in [2.05, 4.69) is 9.97 Å². The Bertz CT molecular complexity index is 564. The number of aromatic nitrogens is 2. The van der Waals surface area contributed by atoms with E-state index in [0.29, 0.717) is 24.7 Å². The molecule has 1 atom stereocenters. The zero-order valence-corrected chi connectivity index (χ0v) is 13.2. The Balaban J connectivity index is 2.04. The normalized spacial score (nSPS) is 21.3. The number of piperidine rings is 1. The molecule has 6 nitrogen and oxygen atoms in total. The van der Waals surface area contributed by atoms with Crippen molar-refractivity contribution in [1.29, 1.82) is 0 Å². The first-order chi connectivity index (χ1) is 9.39. The van der Waals surface area contributed by atoms with Crippen molar-refractivity contribution in [3.63, 3.8) is 0 Å². The highest BCUT2D eigenvalue weighted by Crippen LogP contribution is 2.23. The lowest BCUT2D eigenvalue weighted by atomic mass is 9.95. The summed E-state index contributed by atoms with van der Waals surface area (Å²) in [5, 5.41) is 0.371. The zero-order valence-electron chi connectivity index (χ0n) is 11.7. The summed E-state index contributed by atoms with van der Waals surface area (Å²) in [5.74, 6) is 0.256. The van der Waals surface area contributed by atoms with E-state index in [9.17, 15) is 8.42 Å². The first kappa shape index (κ1) is 15.6. The Labute approximate surface area is 125 Å². The van der Waals surface area contributed by atoms with Gasteiger partial charge in [-0.15, -0.1) is 0 Å². The lowest BCUT2D eigenvalue weighted by molar-refractivity contribution is 0.253. The summed E-state index contributed by atoms with van der Waals surface area (Å²) in [7, 11) is -0.215. The van der Waals surface area contributed by atoms with Crippen LogP contribution >= 0.6 is 11.6 Å². The molecular formula is C12H19ClN4O2S. The van der Waals surface area contributed by atoms with Gasteiger partial charge in [0, 0.05) is 33.4 Å². The number of rotatable bonds is 4. The second-order valence-corrected chi connectivity index (χ2v) is 7.72. The topological polar surface area (TPSA) is 66.4 Å². The number of hydrogen-bond acceptors (Lipinski definition) is 4. The average molecular weight is 319 g/mol. The predicted octanol–water partition coefficient (Wildman–Crippen LogP) is 1.19. The molecule has 0 aromatic carbocycles. The smallest absolute Gasteiger partial charge is 0.260 e. The maximum atomic E-state index is 12.1. The van der Waals surface area contributed by atoms with Crippen molar-refractivity contribution in [2.75, 3.05) is 27.2 Å². The van der Waals surface area contributed by atoms with E-state index in [-0.39, 0.29) is 5.92 Å². The average Bonchev–Trinajstić information content (AvgIpc) is 2.39. The monoisotopic (exact) mass is 318 g/mol. The van der Waals surface area contributed by atoms with Crippen LogP contribution < -0.4 is 0 Å². The second-order valence-electron chi connectivity index (χ2n) is 5.19. The Morgan fingerprint density at radius 3 is 2.85 bits per heavy atom. The molecular weight excluding hydrogens is 300 g/mol. The predicted molar refractivity (Wildman–Crippen MR) is 77.6 cm³/mol. The Kier molecular flexibility index (Phi) is 4.95. The van der Waals surface area contributed by atoms with Gasteiger partial charge in [0.1, 0.15) is 5.15 Å². The van der Waals surface area contributed by atoms with Gasteiger partial charge >= 0.3 is 0 Å². The van der Waals surface area contributed by atoms with Crippen LogP contribution in [-0.2, 0) is 16.6 Å². The van der Waals surface area contributed by atoms with Crippen molar-refractivity contribution in [3.05, 3.63) is 23.2 Å². The molecule has 1 aromatic rings. The molecule has 20 heavy (non-hydrogen) atoms. The number of halogens is 1. The van der Waals surface area contributed by atoms with Crippen molar-refractivity contribution in [1.82, 2.24) is 18.6 Å². The minimum atomic E-state index is -3.33. The van der Waals surface area contributed by atoms with E-state index >= 15 is 0 Å². The minimum absolute atomic E-state index is 0.256. The van der Waals surface area contributed by atoms with Gasteiger partial charge in [-0.3, -0.25) is 4.98 Å². The van der Waals surface area contributed by atoms with Gasteiger partial charge in [-0.25, -0.2) is 4.98 Å². The third kappa shape index (κ3) is 3.66. The van der Waals surface area contributed by atoms with Crippen LogP contribution in [0.4, 0.5) is 0 Å². The van der Waals surface area contributed by atoms with Gasteiger partial charge in [0.15, 0.2) is 0 Å². The van der Waals surface area contributed by atoms with Gasteiger partial charge in [0.05, 0.1) is 11.9 Å². The van der Waals surface area contributed by atoms with Gasteiger partial charge in [-0.05, 0) is 25.2 Å². The first-order valence-corrected chi connectivity index (χ1v) is 8.31. The van der Waals surface area contributed by atoms with Crippen molar-refractivity contribution >= 4 is 21.8 Å². The summed E-state index contributed by atoms with van der Waals surface area (Å²) in [4.78, 5) is 8.23. The lowest BCUT2D eigenvalue weighted by Crippen LogP contribution is -2.45. The maximum absolute atomic E-state index is 12.1. The van der Waals surface area contributed by atoms with Gasteiger partial charge in [0.2, 0.25) is 0 Å². The van der Waals surface area contributed by atoms with Crippen molar-refractivity contribution in [2.45, 2.75) is 19.3 Å². The highest BCUT2D eigenvalue weighted by molar-refractivity contribution is 7.86. The molecule has 2 heterocycles. The van der Waals surface area contributed by atoms with E-state index in [1.54, 1.807) is 24.6 Å². The lowest BCUT2D eigenvalue weighted by Gasteiger charge is -2.33. The summed E-state index contributed by atoms with van der Waals surface area (Å²) in [6, 6.07) is 0. The van der Waals surface area contributed by atoms with E-state index in [0.717, 1.165) is 18.5 Å². The minimum Gasteiger partial charge on any atom is -0.260 e. The van der Waals surface area contributed by atoms with Crippen LogP contribution in [-0.4, -0.2) is 54.2 Å². The molecule has 2 rings (SSSR count). The van der Waals surface area contributed by atoms with Crippen LogP contribution in [0.5, 0.6) is 0 Å². The highest BCUT2D eigenvalue weighted by Gasteiger charge is 2.30. The molecule has 0 saturated carbocycles. The van der Waals surface area contributed by atoms with Crippen molar-refractivity contribution in [3.8, 4) is 0 Å². The van der Waals surface area contributed by atoms with Gasteiger partial charge in [0.25, 0.3) is 10.2 Å². The molecule has 1 fully saturated rings. The van der Waals surface area contributed by atoms with Crippen molar-refractivity contribution in [2.24, 2.45) is 5.92 Å². The fourth-order valence-corrected chi connectivity index (χ4v) is 3.79. The molecule has 0 spiro atoms. The molecule has 0 aliphatic carbocycles. The summed E-state index contributed by atoms with van der Waals surface area (Å²) >= 11 is 5.82. The van der Waals surface area contributed by atoms with E-state index in [4.69, 9.17) is 11.6 Å². The van der Waals surface area contributed by atoms with E-state index in [1.807, 2.05) is 0 Å². The Morgan fingerprint density at radius 1 is 1.45 bits per heavy atom. The summed E-state index contributed by atoms with van der Waals surface area (Å²) in [5.41, 5.74) is 0.812. The maximum Gasteiger partial charge on any atom is 0.281 e. The van der Waals surface area contributed by atoms with E-state index in [1.165, 1.54) is 10.5 Å². The molecule has 0 radical (unpaired) electrons. The quantitative estimate of drug-likeness (QED) is 0.836. The fraction of sp³-hybridized carbons (Fsp3) is 0.667. The molecule has 1 aliphatic rings. The third-order valence-electron chi connectivity index (χ3n) is 3.42. The van der Waals surface area contributed by atoms with Crippen LogP contribution in [0.3, 0.4) is 0 Å². The molecule has 0 bridgehead atoms. The molecule has 8 heteroatoms. The van der Waals surface area contributed by atoms with Crippen LogP contribution in [0.2, 0.25) is 5.15 Å². The molecule has 1 saturated heterocycles. The van der Waals surface area contributed by atoms with Crippen molar-refractivity contribution < 1.29 is 8.42 Å². The van der Waals surface area contributed by atoms with Crippen LogP contribution in [0, 0.1) is 5.92 Å².